The topological polar surface area (TPSA) is 94.2 Å². The molecule has 7 heteroatoms. The Hall–Kier alpha value is -4.00. The SMILES string of the molecule is CC(C)NC(=O)Nc1ccc(-c2c(N)c3ccc(OCc4cccnc4)cc3n2C2CCC2)cc1. The van der Waals surface area contributed by atoms with Gasteiger partial charge in [-0.25, -0.2) is 4.79 Å². The Kier molecular flexibility index (Phi) is 6.31. The van der Waals surface area contributed by atoms with Crippen LogP contribution in [-0.2, 0) is 6.61 Å². The number of benzene rings is 2. The molecule has 180 valence electrons. The average molecular weight is 470 g/mol. The maximum atomic E-state index is 12.1. The summed E-state index contributed by atoms with van der Waals surface area (Å²) in [5, 5.41) is 6.75. The van der Waals surface area contributed by atoms with E-state index in [0.29, 0.717) is 12.6 Å². The van der Waals surface area contributed by atoms with Gasteiger partial charge in [0.1, 0.15) is 12.4 Å². The molecule has 0 radical (unpaired) electrons. The molecule has 0 bridgehead atoms. The maximum Gasteiger partial charge on any atom is 0.319 e. The summed E-state index contributed by atoms with van der Waals surface area (Å²) >= 11 is 0. The highest BCUT2D eigenvalue weighted by Gasteiger charge is 2.27. The number of aromatic nitrogens is 2. The number of anilines is 2. The number of urea groups is 1. The van der Waals surface area contributed by atoms with Crippen LogP contribution < -0.4 is 21.1 Å². The number of nitrogen functional groups attached to an aromatic ring is 1. The summed E-state index contributed by atoms with van der Waals surface area (Å²) in [5.41, 5.74) is 12.4. The first kappa shape index (κ1) is 22.8. The number of rotatable bonds is 7. The lowest BCUT2D eigenvalue weighted by Crippen LogP contribution is -2.34. The molecular formula is C28H31N5O2. The van der Waals surface area contributed by atoms with E-state index < -0.39 is 0 Å². The third-order valence-electron chi connectivity index (χ3n) is 6.42. The molecule has 1 aliphatic carbocycles. The van der Waals surface area contributed by atoms with Gasteiger partial charge < -0.3 is 25.7 Å². The van der Waals surface area contributed by atoms with Gasteiger partial charge in [0.15, 0.2) is 0 Å². The van der Waals surface area contributed by atoms with Gasteiger partial charge in [0.2, 0.25) is 0 Å². The molecule has 0 spiro atoms. The quantitative estimate of drug-likeness (QED) is 0.304. The van der Waals surface area contributed by atoms with Crippen molar-refractivity contribution in [3.63, 3.8) is 0 Å². The number of pyridine rings is 1. The lowest BCUT2D eigenvalue weighted by Gasteiger charge is -2.30. The van der Waals surface area contributed by atoms with E-state index in [0.717, 1.165) is 57.7 Å². The van der Waals surface area contributed by atoms with Gasteiger partial charge in [0.05, 0.1) is 16.9 Å². The zero-order valence-corrected chi connectivity index (χ0v) is 20.1. The first-order valence-corrected chi connectivity index (χ1v) is 12.1. The first-order chi connectivity index (χ1) is 17.0. The van der Waals surface area contributed by atoms with Gasteiger partial charge in [-0.1, -0.05) is 18.2 Å². The van der Waals surface area contributed by atoms with Gasteiger partial charge in [-0.2, -0.15) is 0 Å². The molecule has 7 nitrogen and oxygen atoms in total. The Morgan fingerprint density at radius 2 is 1.97 bits per heavy atom. The Morgan fingerprint density at radius 3 is 2.63 bits per heavy atom. The van der Waals surface area contributed by atoms with Crippen LogP contribution in [0.15, 0.2) is 67.0 Å². The number of nitrogens with one attached hydrogen (secondary N) is 2. The smallest absolute Gasteiger partial charge is 0.319 e. The lowest BCUT2D eigenvalue weighted by molar-refractivity contribution is 0.250. The molecule has 4 N–H and O–H groups in total. The maximum absolute atomic E-state index is 12.1. The van der Waals surface area contributed by atoms with Gasteiger partial charge in [-0.05, 0) is 63.4 Å². The van der Waals surface area contributed by atoms with E-state index in [-0.39, 0.29) is 12.1 Å². The summed E-state index contributed by atoms with van der Waals surface area (Å²) < 4.78 is 8.46. The Balaban J connectivity index is 1.47. The molecule has 4 aromatic rings. The molecule has 2 amide bonds. The zero-order valence-electron chi connectivity index (χ0n) is 20.1. The zero-order chi connectivity index (χ0) is 24.4. The fourth-order valence-corrected chi connectivity index (χ4v) is 4.52. The molecule has 0 saturated heterocycles. The second kappa shape index (κ2) is 9.70. The molecule has 5 rings (SSSR count). The van der Waals surface area contributed by atoms with E-state index in [1.807, 2.05) is 68.6 Å². The number of hydrogen-bond acceptors (Lipinski definition) is 4. The molecular weight excluding hydrogens is 438 g/mol. The van der Waals surface area contributed by atoms with E-state index in [2.05, 4.69) is 26.3 Å². The first-order valence-electron chi connectivity index (χ1n) is 12.1. The van der Waals surface area contributed by atoms with Crippen molar-refractivity contribution in [3.05, 3.63) is 72.6 Å². The fraction of sp³-hybridized carbons (Fsp3) is 0.286. The van der Waals surface area contributed by atoms with Gasteiger partial charge >= 0.3 is 6.03 Å². The molecule has 1 aliphatic rings. The van der Waals surface area contributed by atoms with Crippen molar-refractivity contribution in [2.75, 3.05) is 11.1 Å². The number of fused-ring (bicyclic) bond motifs is 1. The Bertz CT molecular complexity index is 1330. The van der Waals surface area contributed by atoms with Crippen molar-refractivity contribution in [2.24, 2.45) is 0 Å². The molecule has 35 heavy (non-hydrogen) atoms. The number of nitrogens with zero attached hydrogens (tertiary/aromatic N) is 2. The largest absolute Gasteiger partial charge is 0.489 e. The standard InChI is InChI=1S/C28H31N5O2/c1-18(2)31-28(34)32-21-10-8-20(9-11-21)27-26(29)24-13-12-23(35-17-19-5-4-14-30-16-19)15-25(24)33(27)22-6-3-7-22/h4-5,8-16,18,22H,3,6-7,17,29H2,1-2H3,(H2,31,32,34). The summed E-state index contributed by atoms with van der Waals surface area (Å²) in [4.78, 5) is 16.2. The lowest BCUT2D eigenvalue weighted by atomic mass is 9.92. The van der Waals surface area contributed by atoms with Crippen LogP contribution in [0.3, 0.4) is 0 Å². The Labute approximate surface area is 205 Å². The highest BCUT2D eigenvalue weighted by molar-refractivity contribution is 6.02. The molecule has 0 atom stereocenters. The van der Waals surface area contributed by atoms with E-state index in [9.17, 15) is 4.79 Å². The van der Waals surface area contributed by atoms with Crippen LogP contribution in [0.25, 0.3) is 22.2 Å². The molecule has 0 unspecified atom stereocenters. The predicted octanol–water partition coefficient (Wildman–Crippen LogP) is 6.12. The number of carbonyl (C=O) groups excluding carboxylic acids is 1. The summed E-state index contributed by atoms with van der Waals surface area (Å²) in [5.74, 6) is 0.807. The Morgan fingerprint density at radius 1 is 1.17 bits per heavy atom. The minimum Gasteiger partial charge on any atom is -0.489 e. The molecule has 2 aromatic heterocycles. The minimum atomic E-state index is -0.213. The van der Waals surface area contributed by atoms with E-state index in [4.69, 9.17) is 10.5 Å². The van der Waals surface area contributed by atoms with Crippen LogP contribution in [0.1, 0.15) is 44.7 Å². The minimum absolute atomic E-state index is 0.0745. The van der Waals surface area contributed by atoms with Crippen molar-refractivity contribution in [3.8, 4) is 17.0 Å². The number of ether oxygens (including phenoxy) is 1. The van der Waals surface area contributed by atoms with Gasteiger partial charge in [0.25, 0.3) is 0 Å². The summed E-state index contributed by atoms with van der Waals surface area (Å²) in [6.45, 7) is 4.32. The van der Waals surface area contributed by atoms with Crippen molar-refractivity contribution in [2.45, 2.75) is 51.8 Å². The van der Waals surface area contributed by atoms with Gasteiger partial charge in [-0.15, -0.1) is 0 Å². The second-order valence-electron chi connectivity index (χ2n) is 9.38. The van der Waals surface area contributed by atoms with Crippen molar-refractivity contribution < 1.29 is 9.53 Å². The summed E-state index contributed by atoms with van der Waals surface area (Å²) in [7, 11) is 0. The van der Waals surface area contributed by atoms with Crippen molar-refractivity contribution in [1.29, 1.82) is 0 Å². The summed E-state index contributed by atoms with van der Waals surface area (Å²) in [6, 6.07) is 18.2. The van der Waals surface area contributed by atoms with Crippen molar-refractivity contribution >= 4 is 28.3 Å². The average Bonchev–Trinajstić information content (AvgIpc) is 3.09. The van der Waals surface area contributed by atoms with Crippen LogP contribution in [0, 0.1) is 0 Å². The molecule has 2 aromatic carbocycles. The third kappa shape index (κ3) is 4.80. The predicted molar refractivity (Wildman–Crippen MR) is 141 cm³/mol. The number of carbonyl (C=O) groups is 1. The molecule has 1 saturated carbocycles. The highest BCUT2D eigenvalue weighted by Crippen LogP contribution is 2.45. The monoisotopic (exact) mass is 469 g/mol. The van der Waals surface area contributed by atoms with E-state index in [1.54, 1.807) is 6.20 Å². The van der Waals surface area contributed by atoms with Crippen LogP contribution in [0.5, 0.6) is 5.75 Å². The molecule has 2 heterocycles. The number of hydrogen-bond donors (Lipinski definition) is 3. The van der Waals surface area contributed by atoms with Gasteiger partial charge in [0, 0.05) is 52.7 Å². The third-order valence-corrected chi connectivity index (χ3v) is 6.42. The van der Waals surface area contributed by atoms with E-state index >= 15 is 0 Å². The molecule has 1 fully saturated rings. The van der Waals surface area contributed by atoms with Crippen molar-refractivity contribution in [1.82, 2.24) is 14.9 Å². The number of amides is 2. The van der Waals surface area contributed by atoms with E-state index in [1.165, 1.54) is 6.42 Å². The second-order valence-corrected chi connectivity index (χ2v) is 9.38. The highest BCUT2D eigenvalue weighted by atomic mass is 16.5. The van der Waals surface area contributed by atoms with Crippen LogP contribution in [-0.4, -0.2) is 21.6 Å². The van der Waals surface area contributed by atoms with Crippen LogP contribution in [0.4, 0.5) is 16.2 Å². The summed E-state index contributed by atoms with van der Waals surface area (Å²) in [6.07, 6.45) is 7.05. The fourth-order valence-electron chi connectivity index (χ4n) is 4.52. The van der Waals surface area contributed by atoms with Gasteiger partial charge in [-0.3, -0.25) is 4.98 Å². The van der Waals surface area contributed by atoms with Crippen LogP contribution >= 0.6 is 0 Å². The number of nitrogens with two attached hydrogens (primary N) is 1. The van der Waals surface area contributed by atoms with Crippen LogP contribution in [0.2, 0.25) is 0 Å². The molecule has 0 aliphatic heterocycles. The normalized spacial score (nSPS) is 13.6.